The molecule has 2 aliphatic rings. The van der Waals surface area contributed by atoms with Crippen molar-refractivity contribution >= 4 is 5.97 Å². The number of hydrogen-bond acceptors (Lipinski definition) is 4. The second-order valence-corrected chi connectivity index (χ2v) is 5.66. The molecule has 0 amide bonds. The van der Waals surface area contributed by atoms with Crippen LogP contribution >= 0.6 is 0 Å². The van der Waals surface area contributed by atoms with Gasteiger partial charge in [-0.3, -0.25) is 4.79 Å². The van der Waals surface area contributed by atoms with Gasteiger partial charge in [0, 0.05) is 19.5 Å². The van der Waals surface area contributed by atoms with E-state index in [-0.39, 0.29) is 17.3 Å². The lowest BCUT2D eigenvalue weighted by Gasteiger charge is -2.33. The van der Waals surface area contributed by atoms with Crippen molar-refractivity contribution in [2.45, 2.75) is 39.0 Å². The molecule has 0 N–H and O–H groups in total. The van der Waals surface area contributed by atoms with Gasteiger partial charge in [0.2, 0.25) is 0 Å². The highest BCUT2D eigenvalue weighted by atomic mass is 16.5. The van der Waals surface area contributed by atoms with Crippen molar-refractivity contribution in [1.29, 1.82) is 5.26 Å². The van der Waals surface area contributed by atoms with Crippen LogP contribution in [0.2, 0.25) is 0 Å². The number of rotatable bonds is 5. The van der Waals surface area contributed by atoms with Crippen LogP contribution in [0.5, 0.6) is 0 Å². The van der Waals surface area contributed by atoms with Gasteiger partial charge in [-0.2, -0.15) is 5.26 Å². The van der Waals surface area contributed by atoms with Crippen molar-refractivity contribution in [3.05, 3.63) is 0 Å². The highest BCUT2D eigenvalue weighted by molar-refractivity contribution is 5.72. The van der Waals surface area contributed by atoms with Crippen LogP contribution in [-0.4, -0.2) is 37.1 Å². The summed E-state index contributed by atoms with van der Waals surface area (Å²) < 4.78 is 5.10. The minimum atomic E-state index is -0.0488. The maximum atomic E-state index is 11.7. The molecular weight excluding hydrogens is 228 g/mol. The number of carbonyl (C=O) groups excluding carboxylic acids is 1. The molecule has 0 aromatic carbocycles. The molecule has 2 rings (SSSR count). The molecule has 1 saturated carbocycles. The Kier molecular flexibility index (Phi) is 4.23. The molecule has 1 saturated heterocycles. The number of nitriles is 1. The fraction of sp³-hybridized carbons (Fsp3) is 0.857. The van der Waals surface area contributed by atoms with Gasteiger partial charge in [0.1, 0.15) is 0 Å². The first-order chi connectivity index (χ1) is 8.69. The average molecular weight is 250 g/mol. The predicted octanol–water partition coefficient (Wildman–Crippen LogP) is 1.96. The molecule has 100 valence electrons. The second-order valence-electron chi connectivity index (χ2n) is 5.66. The molecule has 2 fully saturated rings. The van der Waals surface area contributed by atoms with E-state index in [1.807, 2.05) is 6.92 Å². The highest BCUT2D eigenvalue weighted by Crippen LogP contribution is 2.49. The van der Waals surface area contributed by atoms with Crippen LogP contribution < -0.4 is 0 Å². The number of ether oxygens (including phenoxy) is 1. The summed E-state index contributed by atoms with van der Waals surface area (Å²) in [6, 6.07) is 2.30. The molecule has 4 nitrogen and oxygen atoms in total. The standard InChI is InChI=1S/C14H22N2O2/c1-2-18-13(17)12-4-3-9-16(10-12)11-14(5-6-14)7-8-15/h12H,2-7,9-11H2,1H3/t12-/m0/s1. The fourth-order valence-corrected chi connectivity index (χ4v) is 2.86. The van der Waals surface area contributed by atoms with Gasteiger partial charge < -0.3 is 9.64 Å². The van der Waals surface area contributed by atoms with Gasteiger partial charge in [0.25, 0.3) is 0 Å². The SMILES string of the molecule is CCOC(=O)[C@H]1CCCN(CC2(CC#N)CC2)C1. The van der Waals surface area contributed by atoms with Gasteiger partial charge in [-0.15, -0.1) is 0 Å². The van der Waals surface area contributed by atoms with E-state index in [0.29, 0.717) is 13.0 Å². The third kappa shape index (κ3) is 3.23. The van der Waals surface area contributed by atoms with Gasteiger partial charge in [0.05, 0.1) is 18.6 Å². The molecule has 1 aliphatic heterocycles. The van der Waals surface area contributed by atoms with Crippen LogP contribution in [0.15, 0.2) is 0 Å². The van der Waals surface area contributed by atoms with Gasteiger partial charge in [-0.05, 0) is 44.6 Å². The lowest BCUT2D eigenvalue weighted by Crippen LogP contribution is -2.42. The minimum Gasteiger partial charge on any atom is -0.466 e. The molecule has 0 aromatic rings. The zero-order valence-electron chi connectivity index (χ0n) is 11.2. The summed E-state index contributed by atoms with van der Waals surface area (Å²) in [5.41, 5.74) is 0.241. The van der Waals surface area contributed by atoms with Gasteiger partial charge in [-0.1, -0.05) is 0 Å². The molecule has 1 atom stereocenters. The van der Waals surface area contributed by atoms with E-state index >= 15 is 0 Å². The number of esters is 1. The summed E-state index contributed by atoms with van der Waals surface area (Å²) in [5, 5.41) is 8.84. The third-order valence-electron chi connectivity index (χ3n) is 4.10. The summed E-state index contributed by atoms with van der Waals surface area (Å²) in [5.74, 6) is -0.0103. The molecular formula is C14H22N2O2. The molecule has 0 unspecified atom stereocenters. The second kappa shape index (κ2) is 5.71. The van der Waals surface area contributed by atoms with Crippen molar-refractivity contribution in [3.8, 4) is 6.07 Å². The monoisotopic (exact) mass is 250 g/mol. The van der Waals surface area contributed by atoms with Crippen LogP contribution in [0.25, 0.3) is 0 Å². The Hall–Kier alpha value is -1.08. The van der Waals surface area contributed by atoms with Crippen LogP contribution in [0.4, 0.5) is 0 Å². The first-order valence-corrected chi connectivity index (χ1v) is 6.95. The summed E-state index contributed by atoms with van der Waals surface area (Å²) >= 11 is 0. The van der Waals surface area contributed by atoms with Crippen molar-refractivity contribution in [3.63, 3.8) is 0 Å². The number of hydrogen-bond donors (Lipinski definition) is 0. The third-order valence-corrected chi connectivity index (χ3v) is 4.10. The maximum absolute atomic E-state index is 11.7. The minimum absolute atomic E-state index is 0.0385. The Balaban J connectivity index is 1.84. The Morgan fingerprint density at radius 2 is 2.33 bits per heavy atom. The Morgan fingerprint density at radius 1 is 1.56 bits per heavy atom. The first-order valence-electron chi connectivity index (χ1n) is 6.95. The predicted molar refractivity (Wildman–Crippen MR) is 67.7 cm³/mol. The Labute approximate surface area is 109 Å². The van der Waals surface area contributed by atoms with E-state index in [1.165, 1.54) is 12.8 Å². The molecule has 1 aliphatic carbocycles. The number of nitrogens with zero attached hydrogens (tertiary/aromatic N) is 2. The molecule has 0 bridgehead atoms. The molecule has 4 heteroatoms. The topological polar surface area (TPSA) is 53.3 Å². The van der Waals surface area contributed by atoms with Gasteiger partial charge in [0.15, 0.2) is 0 Å². The Bertz CT molecular complexity index is 344. The molecule has 1 heterocycles. The maximum Gasteiger partial charge on any atom is 0.310 e. The number of likely N-dealkylation sites (tertiary alicyclic amines) is 1. The van der Waals surface area contributed by atoms with E-state index in [0.717, 1.165) is 32.5 Å². The summed E-state index contributed by atoms with van der Waals surface area (Å²) in [7, 11) is 0. The average Bonchev–Trinajstić information content (AvgIpc) is 3.10. The zero-order valence-corrected chi connectivity index (χ0v) is 11.2. The van der Waals surface area contributed by atoms with E-state index in [4.69, 9.17) is 10.00 Å². The highest BCUT2D eigenvalue weighted by Gasteiger charge is 2.44. The number of carbonyl (C=O) groups is 1. The van der Waals surface area contributed by atoms with E-state index in [9.17, 15) is 4.79 Å². The molecule has 0 spiro atoms. The van der Waals surface area contributed by atoms with Crippen molar-refractivity contribution in [1.82, 2.24) is 4.90 Å². The fourth-order valence-electron chi connectivity index (χ4n) is 2.86. The van der Waals surface area contributed by atoms with Gasteiger partial charge >= 0.3 is 5.97 Å². The molecule has 0 aromatic heterocycles. The van der Waals surface area contributed by atoms with E-state index in [1.54, 1.807) is 0 Å². The zero-order chi connectivity index (χ0) is 13.0. The molecule has 0 radical (unpaired) electrons. The van der Waals surface area contributed by atoms with Crippen molar-refractivity contribution in [2.75, 3.05) is 26.2 Å². The van der Waals surface area contributed by atoms with E-state index < -0.39 is 0 Å². The van der Waals surface area contributed by atoms with E-state index in [2.05, 4.69) is 11.0 Å². The normalized spacial score (nSPS) is 26.3. The largest absolute Gasteiger partial charge is 0.466 e. The van der Waals surface area contributed by atoms with Crippen LogP contribution in [0.3, 0.4) is 0 Å². The lowest BCUT2D eigenvalue weighted by atomic mass is 9.95. The quantitative estimate of drug-likeness (QED) is 0.700. The summed E-state index contributed by atoms with van der Waals surface area (Å²) in [6.07, 6.45) is 5.00. The smallest absolute Gasteiger partial charge is 0.310 e. The summed E-state index contributed by atoms with van der Waals surface area (Å²) in [4.78, 5) is 14.1. The van der Waals surface area contributed by atoms with Crippen LogP contribution in [-0.2, 0) is 9.53 Å². The van der Waals surface area contributed by atoms with Gasteiger partial charge in [-0.25, -0.2) is 0 Å². The van der Waals surface area contributed by atoms with Crippen LogP contribution in [0.1, 0.15) is 39.0 Å². The molecule has 18 heavy (non-hydrogen) atoms. The van der Waals surface area contributed by atoms with Crippen molar-refractivity contribution < 1.29 is 9.53 Å². The lowest BCUT2D eigenvalue weighted by molar-refractivity contribution is -0.150. The van der Waals surface area contributed by atoms with Crippen LogP contribution in [0, 0.1) is 22.7 Å². The number of piperidine rings is 1. The van der Waals surface area contributed by atoms with Crippen molar-refractivity contribution in [2.24, 2.45) is 11.3 Å². The Morgan fingerprint density at radius 3 is 2.94 bits per heavy atom. The summed E-state index contributed by atoms with van der Waals surface area (Å²) in [6.45, 7) is 5.17. The first kappa shape index (κ1) is 13.4.